The molecule has 2 atom stereocenters. The van der Waals surface area contributed by atoms with Crippen LogP contribution in [0.25, 0.3) is 0 Å². The minimum atomic E-state index is -4.92. The SMILES string of the molecule is CC(O)C(C)(NS(=O)(=O)c1ccc(OC(F)(F)F)cc1)C(=O)O. The van der Waals surface area contributed by atoms with E-state index in [0.717, 1.165) is 38.1 Å². The van der Waals surface area contributed by atoms with Crippen LogP contribution in [0, 0.1) is 0 Å². The Kier molecular flexibility index (Phi) is 5.29. The number of aliphatic hydroxyl groups is 1. The molecule has 1 rings (SSSR count). The van der Waals surface area contributed by atoms with Crippen LogP contribution in [0.1, 0.15) is 13.8 Å². The van der Waals surface area contributed by atoms with Crippen molar-refractivity contribution in [3.63, 3.8) is 0 Å². The van der Waals surface area contributed by atoms with E-state index in [1.54, 1.807) is 0 Å². The van der Waals surface area contributed by atoms with Crippen LogP contribution in [0.3, 0.4) is 0 Å². The summed E-state index contributed by atoms with van der Waals surface area (Å²) < 4.78 is 65.7. The third-order valence-electron chi connectivity index (χ3n) is 2.99. The highest BCUT2D eigenvalue weighted by Gasteiger charge is 2.42. The molecule has 7 nitrogen and oxygen atoms in total. The fourth-order valence-corrected chi connectivity index (χ4v) is 2.89. The van der Waals surface area contributed by atoms with Gasteiger partial charge in [0.25, 0.3) is 0 Å². The number of alkyl halides is 3. The van der Waals surface area contributed by atoms with Crippen LogP contribution >= 0.6 is 0 Å². The molecule has 0 bridgehead atoms. The first-order chi connectivity index (χ1) is 10.3. The molecule has 0 saturated heterocycles. The highest BCUT2D eigenvalue weighted by Crippen LogP contribution is 2.24. The van der Waals surface area contributed by atoms with Gasteiger partial charge >= 0.3 is 12.3 Å². The molecule has 2 unspecified atom stereocenters. The molecule has 0 saturated carbocycles. The molecule has 0 heterocycles. The standard InChI is InChI=1S/C12H14F3NO6S/c1-7(17)11(2,10(18)19)16-23(20,21)9-5-3-8(4-6-9)22-12(13,14)15/h3-7,16-17H,1-2H3,(H,18,19). The average molecular weight is 357 g/mol. The molecule has 0 aliphatic heterocycles. The maximum atomic E-state index is 12.1. The maximum absolute atomic E-state index is 12.1. The summed E-state index contributed by atoms with van der Waals surface area (Å²) in [7, 11) is -4.40. The minimum absolute atomic E-state index is 0.486. The van der Waals surface area contributed by atoms with Crippen LogP contribution in [-0.2, 0) is 14.8 Å². The Bertz CT molecular complexity index is 671. The fourth-order valence-electron chi connectivity index (χ4n) is 1.47. The number of benzene rings is 1. The van der Waals surface area contributed by atoms with Gasteiger partial charge in [0.1, 0.15) is 5.75 Å². The first-order valence-corrected chi connectivity index (χ1v) is 7.57. The molecule has 0 aromatic heterocycles. The Morgan fingerprint density at radius 2 is 1.74 bits per heavy atom. The Morgan fingerprint density at radius 1 is 1.26 bits per heavy atom. The van der Waals surface area contributed by atoms with Gasteiger partial charge in [-0.2, -0.15) is 4.72 Å². The van der Waals surface area contributed by atoms with Crippen molar-refractivity contribution in [1.82, 2.24) is 4.72 Å². The zero-order valence-electron chi connectivity index (χ0n) is 12.0. The highest BCUT2D eigenvalue weighted by atomic mass is 32.2. The predicted molar refractivity (Wildman–Crippen MR) is 71.2 cm³/mol. The van der Waals surface area contributed by atoms with Crippen molar-refractivity contribution in [2.24, 2.45) is 0 Å². The third-order valence-corrected chi connectivity index (χ3v) is 4.58. The van der Waals surface area contributed by atoms with E-state index >= 15 is 0 Å². The number of hydrogen-bond acceptors (Lipinski definition) is 5. The van der Waals surface area contributed by atoms with Crippen molar-refractivity contribution in [3.05, 3.63) is 24.3 Å². The summed E-state index contributed by atoms with van der Waals surface area (Å²) in [6.07, 6.45) is -6.49. The zero-order valence-corrected chi connectivity index (χ0v) is 12.8. The molecule has 130 valence electrons. The van der Waals surface area contributed by atoms with Crippen LogP contribution in [0.2, 0.25) is 0 Å². The second-order valence-electron chi connectivity index (χ2n) is 4.81. The van der Waals surface area contributed by atoms with Crippen molar-refractivity contribution < 1.29 is 41.3 Å². The second-order valence-corrected chi connectivity index (χ2v) is 6.49. The topological polar surface area (TPSA) is 113 Å². The van der Waals surface area contributed by atoms with Gasteiger partial charge in [0.15, 0.2) is 5.54 Å². The molecule has 1 aromatic rings. The van der Waals surface area contributed by atoms with E-state index in [1.165, 1.54) is 0 Å². The molecule has 3 N–H and O–H groups in total. The molecular weight excluding hydrogens is 343 g/mol. The average Bonchev–Trinajstić information content (AvgIpc) is 2.36. The Labute approximate surface area is 129 Å². The number of hydrogen-bond donors (Lipinski definition) is 3. The van der Waals surface area contributed by atoms with Gasteiger partial charge in [-0.3, -0.25) is 4.79 Å². The van der Waals surface area contributed by atoms with Crippen molar-refractivity contribution in [1.29, 1.82) is 0 Å². The largest absolute Gasteiger partial charge is 0.573 e. The van der Waals surface area contributed by atoms with Gasteiger partial charge in [-0.1, -0.05) is 0 Å². The van der Waals surface area contributed by atoms with E-state index in [4.69, 9.17) is 5.11 Å². The lowest BCUT2D eigenvalue weighted by Crippen LogP contribution is -2.58. The summed E-state index contributed by atoms with van der Waals surface area (Å²) in [4.78, 5) is 10.7. The summed E-state index contributed by atoms with van der Waals surface area (Å²) in [5, 5.41) is 18.5. The molecule has 0 fully saturated rings. The molecule has 23 heavy (non-hydrogen) atoms. The molecule has 0 aliphatic rings. The van der Waals surface area contributed by atoms with Gasteiger partial charge in [0.2, 0.25) is 10.0 Å². The number of carboxylic acids is 1. The molecule has 0 aliphatic carbocycles. The number of sulfonamides is 1. The van der Waals surface area contributed by atoms with E-state index in [1.807, 2.05) is 4.72 Å². The number of nitrogens with one attached hydrogen (secondary N) is 1. The number of halogens is 3. The summed E-state index contributed by atoms with van der Waals surface area (Å²) in [5.74, 6) is -2.25. The van der Waals surface area contributed by atoms with Crippen LogP contribution in [0.4, 0.5) is 13.2 Å². The van der Waals surface area contributed by atoms with E-state index < -0.39 is 44.6 Å². The molecule has 11 heteroatoms. The van der Waals surface area contributed by atoms with Crippen LogP contribution in [0.5, 0.6) is 5.75 Å². The number of carbonyl (C=O) groups is 1. The number of aliphatic carboxylic acids is 1. The Morgan fingerprint density at radius 3 is 2.09 bits per heavy atom. The van der Waals surface area contributed by atoms with Crippen molar-refractivity contribution >= 4 is 16.0 Å². The summed E-state index contributed by atoms with van der Waals surface area (Å²) >= 11 is 0. The minimum Gasteiger partial charge on any atom is -0.480 e. The monoisotopic (exact) mass is 357 g/mol. The summed E-state index contributed by atoms with van der Waals surface area (Å²) in [6.45, 7) is 2.04. The molecule has 0 spiro atoms. The third kappa shape index (κ3) is 4.81. The quantitative estimate of drug-likeness (QED) is 0.702. The smallest absolute Gasteiger partial charge is 0.480 e. The van der Waals surface area contributed by atoms with E-state index in [2.05, 4.69) is 4.74 Å². The number of ether oxygens (including phenoxy) is 1. The number of rotatable bonds is 6. The van der Waals surface area contributed by atoms with Gasteiger partial charge < -0.3 is 14.9 Å². The predicted octanol–water partition coefficient (Wildman–Crippen LogP) is 1.09. The first kappa shape index (κ1) is 19.2. The lowest BCUT2D eigenvalue weighted by molar-refractivity contribution is -0.274. The van der Waals surface area contributed by atoms with Gasteiger partial charge in [0, 0.05) is 0 Å². The number of aliphatic hydroxyl groups excluding tert-OH is 1. The molecule has 1 aromatic carbocycles. The molecular formula is C12H14F3NO6S. The maximum Gasteiger partial charge on any atom is 0.573 e. The van der Waals surface area contributed by atoms with Crippen molar-refractivity contribution in [3.8, 4) is 5.75 Å². The molecule has 0 amide bonds. The van der Waals surface area contributed by atoms with Crippen molar-refractivity contribution in [2.45, 2.75) is 36.7 Å². The van der Waals surface area contributed by atoms with Crippen LogP contribution in [-0.4, -0.2) is 42.6 Å². The van der Waals surface area contributed by atoms with E-state index in [-0.39, 0.29) is 0 Å². The second kappa shape index (κ2) is 6.34. The summed E-state index contributed by atoms with van der Waals surface area (Å²) in [6, 6.07) is 3.16. The van der Waals surface area contributed by atoms with Gasteiger partial charge in [-0.05, 0) is 38.1 Å². The molecule has 0 radical (unpaired) electrons. The van der Waals surface area contributed by atoms with Crippen molar-refractivity contribution in [2.75, 3.05) is 0 Å². The first-order valence-electron chi connectivity index (χ1n) is 6.09. The zero-order chi connectivity index (χ0) is 18.1. The van der Waals surface area contributed by atoms with Gasteiger partial charge in [0.05, 0.1) is 11.0 Å². The Hall–Kier alpha value is -1.85. The van der Waals surface area contributed by atoms with E-state index in [9.17, 15) is 31.5 Å². The van der Waals surface area contributed by atoms with E-state index in [0.29, 0.717) is 0 Å². The highest BCUT2D eigenvalue weighted by molar-refractivity contribution is 7.89. The fraction of sp³-hybridized carbons (Fsp3) is 0.417. The van der Waals surface area contributed by atoms with Gasteiger partial charge in [-0.25, -0.2) is 8.42 Å². The van der Waals surface area contributed by atoms with Crippen LogP contribution in [0.15, 0.2) is 29.2 Å². The lowest BCUT2D eigenvalue weighted by Gasteiger charge is -2.28. The summed E-state index contributed by atoms with van der Waals surface area (Å²) in [5.41, 5.74) is -2.21. The van der Waals surface area contributed by atoms with Gasteiger partial charge in [-0.15, -0.1) is 13.2 Å². The van der Waals surface area contributed by atoms with Crippen LogP contribution < -0.4 is 9.46 Å². The Balaban J connectivity index is 3.07. The lowest BCUT2D eigenvalue weighted by atomic mass is 9.98. The number of carboxylic acid groups (broad SMARTS) is 1. The normalized spacial score (nSPS) is 16.4.